The van der Waals surface area contributed by atoms with Gasteiger partial charge in [0.15, 0.2) is 19.1 Å². The zero-order valence-electron chi connectivity index (χ0n) is 18.7. The molecular weight excluding hydrogens is 422 g/mol. The molecule has 1 saturated carbocycles. The average Bonchev–Trinajstić information content (AvgIpc) is 3.10. The molecule has 0 radical (unpaired) electrons. The van der Waals surface area contributed by atoms with Crippen molar-refractivity contribution in [2.75, 3.05) is 5.32 Å². The summed E-state index contributed by atoms with van der Waals surface area (Å²) in [6.45, 7) is 13.5. The van der Waals surface area contributed by atoms with E-state index in [1.807, 2.05) is 18.4 Å². The first kappa shape index (κ1) is 23.2. The Kier molecular flexibility index (Phi) is 6.65. The highest BCUT2D eigenvalue weighted by atomic mass is 32.1. The number of hydrogen-bond donors (Lipinski definition) is 1. The zero-order chi connectivity index (χ0) is 22.2. The van der Waals surface area contributed by atoms with E-state index in [9.17, 15) is 8.78 Å². The summed E-state index contributed by atoms with van der Waals surface area (Å²) >= 11 is 1.50. The van der Waals surface area contributed by atoms with Crippen molar-refractivity contribution in [3.8, 4) is 10.8 Å². The Labute approximate surface area is 182 Å². The van der Waals surface area contributed by atoms with Gasteiger partial charge in [0.2, 0.25) is 5.92 Å². The minimum atomic E-state index is -2.53. The Balaban J connectivity index is 1.68. The number of nitrogens with one attached hydrogen (secondary N) is 1. The first-order valence-corrected chi connectivity index (χ1v) is 14.2. The molecule has 0 saturated heterocycles. The molecule has 0 aromatic carbocycles. The highest BCUT2D eigenvalue weighted by Crippen LogP contribution is 2.37. The van der Waals surface area contributed by atoms with Gasteiger partial charge < -0.3 is 9.74 Å². The lowest BCUT2D eigenvalue weighted by Gasteiger charge is -2.35. The van der Waals surface area contributed by atoms with Gasteiger partial charge in [-0.2, -0.15) is 0 Å². The van der Waals surface area contributed by atoms with E-state index in [4.69, 9.17) is 4.43 Å². The highest BCUT2D eigenvalue weighted by Gasteiger charge is 2.37. The molecule has 3 rings (SSSR count). The van der Waals surface area contributed by atoms with Crippen LogP contribution in [0.5, 0.6) is 0 Å². The van der Waals surface area contributed by atoms with Crippen LogP contribution in [0.25, 0.3) is 10.8 Å². The Morgan fingerprint density at radius 2 is 1.87 bits per heavy atom. The molecule has 0 aliphatic heterocycles. The summed E-state index contributed by atoms with van der Waals surface area (Å²) in [5.74, 6) is -1.31. The molecule has 9 heteroatoms. The standard InChI is InChI=1S/C21H32F2N4OSSi/c1-14-11-17(25-15-7-9-21(22,23)10-8-15)27-18(24-14)19-26-16(13-29-19)12-28-30(5,6)20(2,3)4/h11,13,15H,7-10,12H2,1-6H3,(H,24,25,27). The maximum absolute atomic E-state index is 13.4. The minimum absolute atomic E-state index is 0.0108. The number of thiazole rings is 1. The molecule has 2 aromatic heterocycles. The molecule has 2 aromatic rings. The lowest BCUT2D eigenvalue weighted by Crippen LogP contribution is -2.40. The third-order valence-corrected chi connectivity index (χ3v) is 11.4. The number of hydrogen-bond acceptors (Lipinski definition) is 6. The number of nitrogens with zero attached hydrogens (tertiary/aromatic N) is 3. The van der Waals surface area contributed by atoms with Crippen LogP contribution >= 0.6 is 11.3 Å². The number of alkyl halides is 2. The van der Waals surface area contributed by atoms with E-state index < -0.39 is 14.2 Å². The van der Waals surface area contributed by atoms with Gasteiger partial charge in [-0.3, -0.25) is 0 Å². The lowest BCUT2D eigenvalue weighted by atomic mass is 9.92. The summed E-state index contributed by atoms with van der Waals surface area (Å²) in [5.41, 5.74) is 1.70. The van der Waals surface area contributed by atoms with Gasteiger partial charge in [-0.05, 0) is 37.9 Å². The second-order valence-corrected chi connectivity index (χ2v) is 15.4. The van der Waals surface area contributed by atoms with Crippen molar-refractivity contribution in [3.63, 3.8) is 0 Å². The van der Waals surface area contributed by atoms with Crippen molar-refractivity contribution in [3.05, 3.63) is 22.8 Å². The molecular formula is C21H32F2N4OSSi. The SMILES string of the molecule is Cc1cc(NC2CCC(F)(F)CC2)nc(-c2nc(CO[Si](C)(C)C(C)(C)C)cs2)n1. The Hall–Kier alpha value is -1.45. The van der Waals surface area contributed by atoms with Crippen molar-refractivity contribution < 1.29 is 13.2 Å². The number of rotatable bonds is 6. The van der Waals surface area contributed by atoms with Crippen LogP contribution in [0.2, 0.25) is 18.1 Å². The lowest BCUT2D eigenvalue weighted by molar-refractivity contribution is -0.0361. The molecule has 5 nitrogen and oxygen atoms in total. The molecule has 1 N–H and O–H groups in total. The normalized spacial score (nSPS) is 17.9. The van der Waals surface area contributed by atoms with Gasteiger partial charge in [0.05, 0.1) is 12.3 Å². The molecule has 166 valence electrons. The van der Waals surface area contributed by atoms with Crippen LogP contribution in [0.1, 0.15) is 57.8 Å². The zero-order valence-corrected chi connectivity index (χ0v) is 20.5. The summed E-state index contributed by atoms with van der Waals surface area (Å²) in [5, 5.41) is 6.19. The van der Waals surface area contributed by atoms with Crippen LogP contribution in [-0.2, 0) is 11.0 Å². The summed E-state index contributed by atoms with van der Waals surface area (Å²) < 4.78 is 33.1. The first-order valence-electron chi connectivity index (χ1n) is 10.4. The second-order valence-electron chi connectivity index (χ2n) is 9.69. The van der Waals surface area contributed by atoms with Crippen molar-refractivity contribution in [1.82, 2.24) is 15.0 Å². The third-order valence-electron chi connectivity index (χ3n) is 6.05. The van der Waals surface area contributed by atoms with Crippen LogP contribution in [0.4, 0.5) is 14.6 Å². The number of anilines is 1. The predicted molar refractivity (Wildman–Crippen MR) is 121 cm³/mol. The van der Waals surface area contributed by atoms with Gasteiger partial charge in [0.25, 0.3) is 0 Å². The molecule has 0 atom stereocenters. The van der Waals surface area contributed by atoms with Crippen LogP contribution in [-0.4, -0.2) is 35.2 Å². The van der Waals surface area contributed by atoms with Gasteiger partial charge in [0.1, 0.15) is 5.82 Å². The van der Waals surface area contributed by atoms with E-state index in [0.717, 1.165) is 16.4 Å². The summed E-state index contributed by atoms with van der Waals surface area (Å²) in [6.07, 6.45) is 0.729. The average molecular weight is 455 g/mol. The quantitative estimate of drug-likeness (QED) is 0.510. The fourth-order valence-corrected chi connectivity index (χ4v) is 4.76. The fourth-order valence-electron chi connectivity index (χ4n) is 3.08. The first-order chi connectivity index (χ1) is 13.8. The molecule has 0 spiro atoms. The molecule has 0 bridgehead atoms. The molecule has 1 aliphatic carbocycles. The molecule has 30 heavy (non-hydrogen) atoms. The molecule has 0 amide bonds. The van der Waals surface area contributed by atoms with Crippen LogP contribution < -0.4 is 5.32 Å². The summed E-state index contributed by atoms with van der Waals surface area (Å²) in [4.78, 5) is 13.8. The van der Waals surface area contributed by atoms with Crippen LogP contribution in [0, 0.1) is 6.92 Å². The van der Waals surface area contributed by atoms with Gasteiger partial charge in [-0.25, -0.2) is 23.7 Å². The second kappa shape index (κ2) is 8.59. The van der Waals surface area contributed by atoms with Gasteiger partial charge >= 0.3 is 0 Å². The van der Waals surface area contributed by atoms with Gasteiger partial charge in [-0.15, -0.1) is 11.3 Å². The Bertz CT molecular complexity index is 872. The molecule has 0 unspecified atom stereocenters. The van der Waals surface area contributed by atoms with Gasteiger partial charge in [0, 0.05) is 36.0 Å². The van der Waals surface area contributed by atoms with Crippen LogP contribution in [0.3, 0.4) is 0 Å². The van der Waals surface area contributed by atoms with Crippen molar-refractivity contribution in [1.29, 1.82) is 0 Å². The third kappa shape index (κ3) is 5.82. The van der Waals surface area contributed by atoms with E-state index in [-0.39, 0.29) is 23.9 Å². The highest BCUT2D eigenvalue weighted by molar-refractivity contribution is 7.13. The fraction of sp³-hybridized carbons (Fsp3) is 0.667. The predicted octanol–water partition coefficient (Wildman–Crippen LogP) is 6.42. The Morgan fingerprint density at radius 3 is 2.50 bits per heavy atom. The van der Waals surface area contributed by atoms with E-state index >= 15 is 0 Å². The van der Waals surface area contributed by atoms with E-state index in [0.29, 0.717) is 31.1 Å². The number of aryl methyl sites for hydroxylation is 1. The van der Waals surface area contributed by atoms with E-state index in [1.165, 1.54) is 11.3 Å². The van der Waals surface area contributed by atoms with Crippen LogP contribution in [0.15, 0.2) is 11.4 Å². The maximum Gasteiger partial charge on any atom is 0.248 e. The monoisotopic (exact) mass is 454 g/mol. The molecule has 2 heterocycles. The Morgan fingerprint density at radius 1 is 1.20 bits per heavy atom. The van der Waals surface area contributed by atoms with Crippen molar-refractivity contribution >= 4 is 25.5 Å². The summed E-state index contributed by atoms with van der Waals surface area (Å²) in [7, 11) is -1.84. The smallest absolute Gasteiger partial charge is 0.248 e. The maximum atomic E-state index is 13.4. The number of halogens is 2. The molecule has 1 aliphatic rings. The summed E-state index contributed by atoms with van der Waals surface area (Å²) in [6, 6.07) is 1.86. The topological polar surface area (TPSA) is 59.9 Å². The largest absolute Gasteiger partial charge is 0.411 e. The van der Waals surface area contributed by atoms with E-state index in [2.05, 4.69) is 54.1 Å². The minimum Gasteiger partial charge on any atom is -0.411 e. The van der Waals surface area contributed by atoms with Crippen molar-refractivity contribution in [2.24, 2.45) is 0 Å². The number of aromatic nitrogens is 3. The molecule has 1 fully saturated rings. The van der Waals surface area contributed by atoms with Crippen molar-refractivity contribution in [2.45, 2.75) is 90.1 Å². The van der Waals surface area contributed by atoms with E-state index in [1.54, 1.807) is 0 Å². The van der Waals surface area contributed by atoms with Gasteiger partial charge in [-0.1, -0.05) is 20.8 Å².